The van der Waals surface area contributed by atoms with Crippen molar-refractivity contribution in [1.82, 2.24) is 15.6 Å². The highest BCUT2D eigenvalue weighted by molar-refractivity contribution is 6.35. The number of rotatable bonds is 8. The fourth-order valence-corrected chi connectivity index (χ4v) is 2.57. The molecule has 0 bridgehead atoms. The van der Waals surface area contributed by atoms with Crippen LogP contribution in [0.2, 0.25) is 10.0 Å². The summed E-state index contributed by atoms with van der Waals surface area (Å²) in [5.74, 6) is 0.0193. The second kappa shape index (κ2) is 9.50. The number of amides is 1. The molecule has 122 valence electrons. The van der Waals surface area contributed by atoms with Crippen molar-refractivity contribution < 1.29 is 4.79 Å². The zero-order valence-corrected chi connectivity index (χ0v) is 14.2. The Labute approximate surface area is 146 Å². The number of nitrogens with zero attached hydrogens (tertiary/aromatic N) is 1. The second-order valence-electron chi connectivity index (χ2n) is 5.12. The Kier molecular flexibility index (Phi) is 7.33. The van der Waals surface area contributed by atoms with Crippen molar-refractivity contribution in [1.29, 1.82) is 0 Å². The zero-order chi connectivity index (χ0) is 16.5. The molecule has 2 N–H and O–H groups in total. The molecule has 0 aliphatic heterocycles. The molecule has 0 fully saturated rings. The largest absolute Gasteiger partial charge is 0.352 e. The predicted molar refractivity (Wildman–Crippen MR) is 93.7 cm³/mol. The summed E-state index contributed by atoms with van der Waals surface area (Å²) < 4.78 is 0. The predicted octanol–water partition coefficient (Wildman–Crippen LogP) is 3.23. The summed E-state index contributed by atoms with van der Waals surface area (Å²) >= 11 is 12.0. The first-order valence-corrected chi connectivity index (χ1v) is 8.21. The maximum Gasteiger partial charge on any atom is 0.221 e. The fraction of sp³-hybridized carbons (Fsp3) is 0.294. The van der Waals surface area contributed by atoms with Gasteiger partial charge in [-0.25, -0.2) is 0 Å². The van der Waals surface area contributed by atoms with Gasteiger partial charge in [-0.3, -0.25) is 9.78 Å². The molecule has 2 aromatic rings. The third-order valence-electron chi connectivity index (χ3n) is 3.33. The van der Waals surface area contributed by atoms with E-state index in [1.807, 2.05) is 24.3 Å². The molecule has 1 amide bonds. The van der Waals surface area contributed by atoms with E-state index in [4.69, 9.17) is 23.2 Å². The maximum atomic E-state index is 11.7. The first-order chi connectivity index (χ1) is 11.1. The van der Waals surface area contributed by atoms with Crippen molar-refractivity contribution in [2.45, 2.75) is 19.4 Å². The molecule has 23 heavy (non-hydrogen) atoms. The van der Waals surface area contributed by atoms with Crippen LogP contribution in [0.5, 0.6) is 0 Å². The van der Waals surface area contributed by atoms with Gasteiger partial charge in [0.1, 0.15) is 0 Å². The van der Waals surface area contributed by atoms with Crippen molar-refractivity contribution >= 4 is 29.1 Å². The number of hydrogen-bond donors (Lipinski definition) is 2. The SMILES string of the molecule is O=C(CCNCCc1ccc(Cl)cc1Cl)NCc1cccnc1. The molecule has 0 radical (unpaired) electrons. The Hall–Kier alpha value is -1.62. The van der Waals surface area contributed by atoms with Gasteiger partial charge in [-0.1, -0.05) is 35.3 Å². The van der Waals surface area contributed by atoms with Crippen LogP contribution in [0.4, 0.5) is 0 Å². The van der Waals surface area contributed by atoms with Gasteiger partial charge in [0.15, 0.2) is 0 Å². The van der Waals surface area contributed by atoms with Crippen LogP contribution in [0.15, 0.2) is 42.7 Å². The van der Waals surface area contributed by atoms with Gasteiger partial charge in [-0.05, 0) is 42.3 Å². The van der Waals surface area contributed by atoms with Gasteiger partial charge >= 0.3 is 0 Å². The number of hydrogen-bond acceptors (Lipinski definition) is 3. The molecule has 1 aromatic heterocycles. The van der Waals surface area contributed by atoms with Gasteiger partial charge in [0, 0.05) is 41.9 Å². The van der Waals surface area contributed by atoms with Crippen molar-refractivity contribution in [3.05, 3.63) is 63.9 Å². The highest BCUT2D eigenvalue weighted by Gasteiger charge is 2.03. The third-order valence-corrected chi connectivity index (χ3v) is 3.91. The first-order valence-electron chi connectivity index (χ1n) is 7.45. The van der Waals surface area contributed by atoms with Crippen LogP contribution in [0.1, 0.15) is 17.5 Å². The molecule has 0 unspecified atom stereocenters. The molecule has 2 rings (SSSR count). The van der Waals surface area contributed by atoms with Crippen molar-refractivity contribution in [3.63, 3.8) is 0 Å². The lowest BCUT2D eigenvalue weighted by molar-refractivity contribution is -0.121. The summed E-state index contributed by atoms with van der Waals surface area (Å²) in [5.41, 5.74) is 2.04. The molecule has 0 aliphatic carbocycles. The summed E-state index contributed by atoms with van der Waals surface area (Å²) in [4.78, 5) is 15.7. The summed E-state index contributed by atoms with van der Waals surface area (Å²) in [6, 6.07) is 9.28. The molecule has 6 heteroatoms. The van der Waals surface area contributed by atoms with Crippen LogP contribution in [-0.4, -0.2) is 24.0 Å². The molecular formula is C17H19Cl2N3O. The molecule has 0 aliphatic rings. The van der Waals surface area contributed by atoms with Crippen LogP contribution in [0, 0.1) is 0 Å². The molecular weight excluding hydrogens is 333 g/mol. The summed E-state index contributed by atoms with van der Waals surface area (Å²) in [6.07, 6.45) is 4.69. The molecule has 1 aromatic carbocycles. The second-order valence-corrected chi connectivity index (χ2v) is 5.97. The van der Waals surface area contributed by atoms with Crippen LogP contribution in [0.3, 0.4) is 0 Å². The van der Waals surface area contributed by atoms with Gasteiger partial charge in [0.05, 0.1) is 0 Å². The lowest BCUT2D eigenvalue weighted by atomic mass is 10.1. The summed E-state index contributed by atoms with van der Waals surface area (Å²) in [5, 5.41) is 7.42. The van der Waals surface area contributed by atoms with Gasteiger partial charge in [-0.2, -0.15) is 0 Å². The van der Waals surface area contributed by atoms with E-state index in [-0.39, 0.29) is 5.91 Å². The van der Waals surface area contributed by atoms with E-state index in [0.717, 1.165) is 24.1 Å². The smallest absolute Gasteiger partial charge is 0.221 e. The maximum absolute atomic E-state index is 11.7. The zero-order valence-electron chi connectivity index (χ0n) is 12.7. The van der Waals surface area contributed by atoms with Gasteiger partial charge in [-0.15, -0.1) is 0 Å². The number of halogens is 2. The standard InChI is InChI=1S/C17H19Cl2N3O/c18-15-4-3-14(16(19)10-15)5-8-20-9-6-17(23)22-12-13-2-1-7-21-11-13/h1-4,7,10-11,20H,5-6,8-9,12H2,(H,22,23). The number of benzene rings is 1. The minimum absolute atomic E-state index is 0.0193. The topological polar surface area (TPSA) is 54.0 Å². The van der Waals surface area contributed by atoms with E-state index in [2.05, 4.69) is 15.6 Å². The van der Waals surface area contributed by atoms with E-state index in [0.29, 0.717) is 29.6 Å². The van der Waals surface area contributed by atoms with Crippen LogP contribution >= 0.6 is 23.2 Å². The highest BCUT2D eigenvalue weighted by atomic mass is 35.5. The highest BCUT2D eigenvalue weighted by Crippen LogP contribution is 2.20. The Morgan fingerprint density at radius 2 is 2.04 bits per heavy atom. The average molecular weight is 352 g/mol. The minimum Gasteiger partial charge on any atom is -0.352 e. The molecule has 0 saturated heterocycles. The van der Waals surface area contributed by atoms with Crippen LogP contribution < -0.4 is 10.6 Å². The van der Waals surface area contributed by atoms with E-state index >= 15 is 0 Å². The number of aromatic nitrogens is 1. The summed E-state index contributed by atoms with van der Waals surface area (Å²) in [7, 11) is 0. The fourth-order valence-electron chi connectivity index (χ4n) is 2.07. The first kappa shape index (κ1) is 17.7. The van der Waals surface area contributed by atoms with Gasteiger partial charge in [0.25, 0.3) is 0 Å². The number of carbonyl (C=O) groups is 1. The van der Waals surface area contributed by atoms with Gasteiger partial charge in [0.2, 0.25) is 5.91 Å². The van der Waals surface area contributed by atoms with Crippen molar-refractivity contribution in [3.8, 4) is 0 Å². The molecule has 0 atom stereocenters. The molecule has 0 saturated carbocycles. The molecule has 0 spiro atoms. The Balaban J connectivity index is 1.59. The quantitative estimate of drug-likeness (QED) is 0.718. The monoisotopic (exact) mass is 351 g/mol. The Bertz CT molecular complexity index is 635. The minimum atomic E-state index is 0.0193. The normalized spacial score (nSPS) is 10.5. The van der Waals surface area contributed by atoms with Crippen LogP contribution in [-0.2, 0) is 17.8 Å². The Morgan fingerprint density at radius 3 is 2.78 bits per heavy atom. The average Bonchev–Trinajstić information content (AvgIpc) is 2.55. The number of carbonyl (C=O) groups excluding carboxylic acids is 1. The molecule has 1 heterocycles. The lowest BCUT2D eigenvalue weighted by Crippen LogP contribution is -2.28. The van der Waals surface area contributed by atoms with Gasteiger partial charge < -0.3 is 10.6 Å². The van der Waals surface area contributed by atoms with E-state index < -0.39 is 0 Å². The Morgan fingerprint density at radius 1 is 1.17 bits per heavy atom. The van der Waals surface area contributed by atoms with Crippen LogP contribution in [0.25, 0.3) is 0 Å². The summed E-state index contributed by atoms with van der Waals surface area (Å²) in [6.45, 7) is 1.90. The van der Waals surface area contributed by atoms with E-state index in [9.17, 15) is 4.79 Å². The van der Waals surface area contributed by atoms with Crippen molar-refractivity contribution in [2.75, 3.05) is 13.1 Å². The molecule has 4 nitrogen and oxygen atoms in total. The number of nitrogens with one attached hydrogen (secondary N) is 2. The van der Waals surface area contributed by atoms with E-state index in [1.54, 1.807) is 18.5 Å². The van der Waals surface area contributed by atoms with E-state index in [1.165, 1.54) is 0 Å². The van der Waals surface area contributed by atoms with Crippen molar-refractivity contribution in [2.24, 2.45) is 0 Å². The lowest BCUT2D eigenvalue weighted by Gasteiger charge is -2.08. The number of pyridine rings is 1. The third kappa shape index (κ3) is 6.57.